The summed E-state index contributed by atoms with van der Waals surface area (Å²) in [5.74, 6) is -1.25. The summed E-state index contributed by atoms with van der Waals surface area (Å²) in [6.45, 7) is 0. The Kier molecular flexibility index (Phi) is 2.70. The molecule has 98 valence electrons. The summed E-state index contributed by atoms with van der Waals surface area (Å²) in [5, 5.41) is 11.6. The molecule has 0 atom stereocenters. The van der Waals surface area contributed by atoms with E-state index < -0.39 is 11.5 Å². The Hall–Kier alpha value is -2.02. The van der Waals surface area contributed by atoms with E-state index in [0.717, 1.165) is 22.8 Å². The first-order valence-corrected chi connectivity index (χ1v) is 6.58. The van der Waals surface area contributed by atoms with E-state index in [4.69, 9.17) is 5.11 Å². The molecule has 0 unspecified atom stereocenters. The lowest BCUT2D eigenvalue weighted by molar-refractivity contribution is -0.143. The van der Waals surface area contributed by atoms with E-state index >= 15 is 0 Å². The standard InChI is InChI=1S/C12H11N3O3S/c16-9(13-12(4-5-12)11(17)18)6-7-2-1-3-8-10(7)15-19-14-8/h1-3H,4-6H2,(H,13,16)(H,17,18). The Balaban J connectivity index is 1.76. The molecule has 0 aliphatic heterocycles. The largest absolute Gasteiger partial charge is 0.480 e. The third-order valence-electron chi connectivity index (χ3n) is 3.26. The van der Waals surface area contributed by atoms with Crippen molar-refractivity contribution in [3.63, 3.8) is 0 Å². The molecule has 1 fully saturated rings. The van der Waals surface area contributed by atoms with Gasteiger partial charge in [0.25, 0.3) is 0 Å². The second-order valence-electron chi connectivity index (χ2n) is 4.66. The van der Waals surface area contributed by atoms with Gasteiger partial charge in [-0.3, -0.25) is 4.79 Å². The van der Waals surface area contributed by atoms with Gasteiger partial charge < -0.3 is 10.4 Å². The number of fused-ring (bicyclic) bond motifs is 1. The molecule has 1 amide bonds. The fraction of sp³-hybridized carbons (Fsp3) is 0.333. The topological polar surface area (TPSA) is 92.2 Å². The minimum absolute atomic E-state index is 0.123. The molecule has 1 aliphatic carbocycles. The lowest BCUT2D eigenvalue weighted by Gasteiger charge is -2.12. The van der Waals surface area contributed by atoms with Crippen molar-refractivity contribution in [3.8, 4) is 0 Å². The maximum atomic E-state index is 11.9. The molecule has 1 aliphatic rings. The van der Waals surface area contributed by atoms with Crippen LogP contribution in [0.1, 0.15) is 18.4 Å². The number of carboxylic acid groups (broad SMARTS) is 1. The van der Waals surface area contributed by atoms with Crippen molar-refractivity contribution in [1.29, 1.82) is 0 Å². The summed E-state index contributed by atoms with van der Waals surface area (Å²) < 4.78 is 8.26. The highest BCUT2D eigenvalue weighted by Gasteiger charge is 2.51. The number of nitrogens with one attached hydrogen (secondary N) is 1. The van der Waals surface area contributed by atoms with Crippen molar-refractivity contribution in [1.82, 2.24) is 14.1 Å². The zero-order valence-corrected chi connectivity index (χ0v) is 10.7. The van der Waals surface area contributed by atoms with E-state index in [1.54, 1.807) is 0 Å². The second-order valence-corrected chi connectivity index (χ2v) is 5.19. The van der Waals surface area contributed by atoms with Crippen LogP contribution in [0, 0.1) is 0 Å². The van der Waals surface area contributed by atoms with Gasteiger partial charge >= 0.3 is 5.97 Å². The van der Waals surface area contributed by atoms with Crippen LogP contribution in [0.25, 0.3) is 11.0 Å². The van der Waals surface area contributed by atoms with E-state index in [0.29, 0.717) is 18.4 Å². The number of carbonyl (C=O) groups is 2. The minimum atomic E-state index is -1.04. The van der Waals surface area contributed by atoms with Crippen LogP contribution in [0.2, 0.25) is 0 Å². The van der Waals surface area contributed by atoms with Crippen LogP contribution in [-0.4, -0.2) is 31.3 Å². The molecule has 2 N–H and O–H groups in total. The molecule has 1 heterocycles. The third kappa shape index (κ3) is 2.17. The zero-order valence-electron chi connectivity index (χ0n) is 9.92. The molecule has 0 saturated heterocycles. The minimum Gasteiger partial charge on any atom is -0.480 e. The maximum Gasteiger partial charge on any atom is 0.329 e. The highest BCUT2D eigenvalue weighted by Crippen LogP contribution is 2.35. The molecule has 1 aromatic heterocycles. The number of carboxylic acids is 1. The Morgan fingerprint density at radius 1 is 1.37 bits per heavy atom. The smallest absolute Gasteiger partial charge is 0.329 e. The maximum absolute atomic E-state index is 11.9. The van der Waals surface area contributed by atoms with Crippen LogP contribution < -0.4 is 5.32 Å². The van der Waals surface area contributed by atoms with Crippen LogP contribution in [-0.2, 0) is 16.0 Å². The fourth-order valence-corrected chi connectivity index (χ4v) is 2.57. The zero-order chi connectivity index (χ0) is 13.5. The Labute approximate surface area is 112 Å². The summed E-state index contributed by atoms with van der Waals surface area (Å²) in [6, 6.07) is 5.46. The number of aliphatic carboxylic acids is 1. The molecule has 2 aromatic rings. The van der Waals surface area contributed by atoms with Crippen molar-refractivity contribution in [2.24, 2.45) is 0 Å². The molecule has 3 rings (SSSR count). The highest BCUT2D eigenvalue weighted by molar-refractivity contribution is 7.00. The quantitative estimate of drug-likeness (QED) is 0.868. The number of rotatable bonds is 4. The molecular weight excluding hydrogens is 266 g/mol. The molecule has 0 spiro atoms. The summed E-state index contributed by atoms with van der Waals surface area (Å²) >= 11 is 1.10. The molecule has 0 bridgehead atoms. The summed E-state index contributed by atoms with van der Waals surface area (Å²) in [4.78, 5) is 22.9. The van der Waals surface area contributed by atoms with E-state index in [9.17, 15) is 9.59 Å². The van der Waals surface area contributed by atoms with Gasteiger partial charge in [0.05, 0.1) is 18.1 Å². The molecule has 6 nitrogen and oxygen atoms in total. The van der Waals surface area contributed by atoms with Crippen molar-refractivity contribution < 1.29 is 14.7 Å². The van der Waals surface area contributed by atoms with Crippen LogP contribution in [0.3, 0.4) is 0 Å². The first-order valence-electron chi connectivity index (χ1n) is 5.85. The molecule has 7 heteroatoms. The number of hydrogen-bond acceptors (Lipinski definition) is 5. The average molecular weight is 277 g/mol. The Morgan fingerprint density at radius 3 is 2.84 bits per heavy atom. The van der Waals surface area contributed by atoms with Crippen LogP contribution >= 0.6 is 11.7 Å². The van der Waals surface area contributed by atoms with Crippen molar-refractivity contribution in [3.05, 3.63) is 23.8 Å². The molecular formula is C12H11N3O3S. The second kappa shape index (κ2) is 4.27. The summed E-state index contributed by atoms with van der Waals surface area (Å²) in [6.07, 6.45) is 1.12. The first kappa shape index (κ1) is 12.0. The summed E-state index contributed by atoms with van der Waals surface area (Å²) in [7, 11) is 0. The van der Waals surface area contributed by atoms with Gasteiger partial charge in [0, 0.05) is 0 Å². The van der Waals surface area contributed by atoms with Gasteiger partial charge in [-0.15, -0.1) is 0 Å². The van der Waals surface area contributed by atoms with E-state index in [1.165, 1.54) is 0 Å². The molecule has 19 heavy (non-hydrogen) atoms. The number of hydrogen-bond donors (Lipinski definition) is 2. The normalized spacial score (nSPS) is 16.2. The van der Waals surface area contributed by atoms with E-state index in [-0.39, 0.29) is 12.3 Å². The van der Waals surface area contributed by atoms with Crippen LogP contribution in [0.15, 0.2) is 18.2 Å². The molecule has 1 aromatic carbocycles. The Bertz CT molecular complexity index is 663. The SMILES string of the molecule is O=C(Cc1cccc2nsnc12)NC1(C(=O)O)CC1. The number of carbonyl (C=O) groups excluding carboxylic acids is 1. The predicted octanol–water partition coefficient (Wildman–Crippen LogP) is 0.967. The predicted molar refractivity (Wildman–Crippen MR) is 68.9 cm³/mol. The Morgan fingerprint density at radius 2 is 2.16 bits per heavy atom. The van der Waals surface area contributed by atoms with E-state index in [2.05, 4.69) is 14.1 Å². The van der Waals surface area contributed by atoms with Gasteiger partial charge in [-0.25, -0.2) is 4.79 Å². The number of benzene rings is 1. The number of nitrogens with zero attached hydrogens (tertiary/aromatic N) is 2. The van der Waals surface area contributed by atoms with E-state index in [1.807, 2.05) is 18.2 Å². The molecule has 1 saturated carbocycles. The fourth-order valence-electron chi connectivity index (χ4n) is 2.01. The summed E-state index contributed by atoms with van der Waals surface area (Å²) in [5.41, 5.74) is 1.20. The van der Waals surface area contributed by atoms with Gasteiger partial charge in [-0.2, -0.15) is 8.75 Å². The van der Waals surface area contributed by atoms with Gasteiger partial charge in [0.15, 0.2) is 0 Å². The lowest BCUT2D eigenvalue weighted by Crippen LogP contribution is -2.43. The number of aromatic nitrogens is 2. The average Bonchev–Trinajstić information content (AvgIpc) is 2.98. The third-order valence-corrected chi connectivity index (χ3v) is 3.80. The first-order chi connectivity index (χ1) is 9.11. The van der Waals surface area contributed by atoms with Crippen molar-refractivity contribution >= 4 is 34.6 Å². The highest BCUT2D eigenvalue weighted by atomic mass is 32.1. The number of amides is 1. The molecule has 0 radical (unpaired) electrons. The van der Waals surface area contributed by atoms with Gasteiger partial charge in [-0.05, 0) is 24.5 Å². The van der Waals surface area contributed by atoms with Crippen molar-refractivity contribution in [2.45, 2.75) is 24.8 Å². The van der Waals surface area contributed by atoms with Crippen LogP contribution in [0.4, 0.5) is 0 Å². The monoisotopic (exact) mass is 277 g/mol. The van der Waals surface area contributed by atoms with Crippen LogP contribution in [0.5, 0.6) is 0 Å². The van der Waals surface area contributed by atoms with Crippen molar-refractivity contribution in [2.75, 3.05) is 0 Å². The van der Waals surface area contributed by atoms with Gasteiger partial charge in [0.1, 0.15) is 16.6 Å². The van der Waals surface area contributed by atoms with Gasteiger partial charge in [-0.1, -0.05) is 12.1 Å². The lowest BCUT2D eigenvalue weighted by atomic mass is 10.1. The van der Waals surface area contributed by atoms with Gasteiger partial charge in [0.2, 0.25) is 5.91 Å².